The van der Waals surface area contributed by atoms with Crippen LogP contribution in [0.5, 0.6) is 0 Å². The summed E-state index contributed by atoms with van der Waals surface area (Å²) in [7, 11) is 0. The maximum absolute atomic E-state index is 13.4. The highest BCUT2D eigenvalue weighted by molar-refractivity contribution is 8.00. The number of nitro groups is 1. The van der Waals surface area contributed by atoms with Crippen LogP contribution in [0.2, 0.25) is 10.0 Å². The first-order valence-electron chi connectivity index (χ1n) is 11.4. The molecular weight excluding hydrogens is 545 g/mol. The molecule has 0 bridgehead atoms. The van der Waals surface area contributed by atoms with Crippen molar-refractivity contribution < 1.29 is 14.5 Å². The molecule has 38 heavy (non-hydrogen) atoms. The van der Waals surface area contributed by atoms with Crippen molar-refractivity contribution in [3.05, 3.63) is 128 Å². The zero-order valence-corrected chi connectivity index (χ0v) is 22.3. The minimum absolute atomic E-state index is 0.104. The molecule has 1 unspecified atom stereocenters. The van der Waals surface area contributed by atoms with Gasteiger partial charge in [0.1, 0.15) is 5.25 Å². The number of halogens is 2. The van der Waals surface area contributed by atoms with Gasteiger partial charge in [0.25, 0.3) is 11.6 Å². The van der Waals surface area contributed by atoms with E-state index in [2.05, 4.69) is 10.6 Å². The minimum atomic E-state index is -0.636. The highest BCUT2D eigenvalue weighted by atomic mass is 35.5. The van der Waals surface area contributed by atoms with E-state index < -0.39 is 10.2 Å². The average Bonchev–Trinajstić information content (AvgIpc) is 2.89. The number of nitrogens with one attached hydrogen (secondary N) is 2. The Kier molecular flexibility index (Phi) is 8.68. The van der Waals surface area contributed by atoms with Crippen LogP contribution in [0.25, 0.3) is 0 Å². The third-order valence-electron chi connectivity index (χ3n) is 5.57. The molecule has 7 nitrogen and oxygen atoms in total. The van der Waals surface area contributed by atoms with Gasteiger partial charge in [-0.2, -0.15) is 0 Å². The molecule has 4 aromatic rings. The van der Waals surface area contributed by atoms with Crippen molar-refractivity contribution in [2.75, 3.05) is 10.6 Å². The van der Waals surface area contributed by atoms with Crippen molar-refractivity contribution in [1.82, 2.24) is 0 Å². The molecular formula is C28H21Cl2N3O4S. The number of hydrogen-bond acceptors (Lipinski definition) is 5. The van der Waals surface area contributed by atoms with Crippen LogP contribution in [-0.2, 0) is 4.79 Å². The standard InChI is InChI=1S/C28H21Cl2N3O4S/c1-17-7-11-21(33(36)37)16-25(17)32-28(35)26(18-5-3-2-4-6-18)38-22-12-9-20(10-13-22)31-27(34)23-14-8-19(29)15-24(23)30/h2-16,26H,1H3,(H,31,34)(H,32,35). The number of carbonyl (C=O) groups is 2. The van der Waals surface area contributed by atoms with Gasteiger partial charge in [0.05, 0.1) is 21.2 Å². The van der Waals surface area contributed by atoms with E-state index in [0.717, 1.165) is 10.5 Å². The summed E-state index contributed by atoms with van der Waals surface area (Å²) in [6.07, 6.45) is 0. The summed E-state index contributed by atoms with van der Waals surface area (Å²) in [5, 5.41) is 16.9. The van der Waals surface area contributed by atoms with Gasteiger partial charge < -0.3 is 10.6 Å². The van der Waals surface area contributed by atoms with Crippen LogP contribution < -0.4 is 10.6 Å². The fourth-order valence-corrected chi connectivity index (χ4v) is 5.10. The van der Waals surface area contributed by atoms with Crippen LogP contribution in [0.15, 0.2) is 95.9 Å². The summed E-state index contributed by atoms with van der Waals surface area (Å²) in [5.74, 6) is -0.694. The van der Waals surface area contributed by atoms with Gasteiger partial charge in [-0.05, 0) is 60.5 Å². The minimum Gasteiger partial charge on any atom is -0.324 e. The first-order chi connectivity index (χ1) is 18.2. The van der Waals surface area contributed by atoms with Gasteiger partial charge in [0.15, 0.2) is 0 Å². The Hall–Kier alpha value is -3.85. The number of amides is 2. The Morgan fingerprint density at radius 3 is 2.26 bits per heavy atom. The van der Waals surface area contributed by atoms with Crippen molar-refractivity contribution >= 4 is 63.8 Å². The van der Waals surface area contributed by atoms with Gasteiger partial charge in [-0.1, -0.05) is 59.6 Å². The summed E-state index contributed by atoms with van der Waals surface area (Å²) >= 11 is 13.4. The molecule has 4 rings (SSSR count). The molecule has 4 aromatic carbocycles. The largest absolute Gasteiger partial charge is 0.324 e. The molecule has 1 atom stereocenters. The number of rotatable bonds is 8. The molecule has 0 aromatic heterocycles. The van der Waals surface area contributed by atoms with Gasteiger partial charge >= 0.3 is 0 Å². The first kappa shape index (κ1) is 27.2. The van der Waals surface area contributed by atoms with Gasteiger partial charge in [0, 0.05) is 27.7 Å². The fraction of sp³-hybridized carbons (Fsp3) is 0.0714. The Morgan fingerprint density at radius 1 is 0.895 bits per heavy atom. The number of hydrogen-bond donors (Lipinski definition) is 2. The lowest BCUT2D eigenvalue weighted by molar-refractivity contribution is -0.384. The van der Waals surface area contributed by atoms with E-state index in [-0.39, 0.29) is 22.5 Å². The molecule has 0 fully saturated rings. The molecule has 0 aliphatic carbocycles. The highest BCUT2D eigenvalue weighted by Gasteiger charge is 2.23. The maximum Gasteiger partial charge on any atom is 0.271 e. The molecule has 0 aliphatic rings. The number of aryl methyl sites for hydroxylation is 1. The average molecular weight is 566 g/mol. The number of anilines is 2. The van der Waals surface area contributed by atoms with Crippen molar-refractivity contribution in [2.45, 2.75) is 17.1 Å². The summed E-state index contributed by atoms with van der Waals surface area (Å²) in [4.78, 5) is 37.5. The normalized spacial score (nSPS) is 11.4. The summed E-state index contributed by atoms with van der Waals surface area (Å²) in [6.45, 7) is 1.77. The Balaban J connectivity index is 1.52. The van der Waals surface area contributed by atoms with Crippen molar-refractivity contribution in [3.63, 3.8) is 0 Å². The van der Waals surface area contributed by atoms with Crippen molar-refractivity contribution in [3.8, 4) is 0 Å². The molecule has 0 saturated heterocycles. The van der Waals surface area contributed by atoms with Gasteiger partial charge in [0.2, 0.25) is 5.91 Å². The SMILES string of the molecule is Cc1ccc([N+](=O)[O-])cc1NC(=O)C(Sc1ccc(NC(=O)c2ccc(Cl)cc2Cl)cc1)c1ccccc1. The smallest absolute Gasteiger partial charge is 0.271 e. The molecule has 192 valence electrons. The quantitative estimate of drug-likeness (QED) is 0.128. The Morgan fingerprint density at radius 2 is 1.61 bits per heavy atom. The van der Waals surface area contributed by atoms with E-state index in [1.54, 1.807) is 49.4 Å². The number of non-ortho nitro benzene ring substituents is 1. The lowest BCUT2D eigenvalue weighted by Gasteiger charge is -2.18. The fourth-order valence-electron chi connectivity index (χ4n) is 3.58. The van der Waals surface area contributed by atoms with Crippen LogP contribution in [-0.4, -0.2) is 16.7 Å². The van der Waals surface area contributed by atoms with Crippen molar-refractivity contribution in [1.29, 1.82) is 0 Å². The lowest BCUT2D eigenvalue weighted by atomic mass is 10.1. The number of thioether (sulfide) groups is 1. The van der Waals surface area contributed by atoms with Gasteiger partial charge in [-0.25, -0.2) is 0 Å². The van der Waals surface area contributed by atoms with Gasteiger partial charge in [-0.3, -0.25) is 19.7 Å². The third-order valence-corrected chi connectivity index (χ3v) is 7.39. The molecule has 2 N–H and O–H groups in total. The van der Waals surface area contributed by atoms with E-state index in [1.165, 1.54) is 30.0 Å². The zero-order valence-electron chi connectivity index (χ0n) is 20.0. The Labute approximate surface area is 233 Å². The monoisotopic (exact) mass is 565 g/mol. The summed E-state index contributed by atoms with van der Waals surface area (Å²) < 4.78 is 0. The maximum atomic E-state index is 13.4. The number of nitro benzene ring substituents is 1. The topological polar surface area (TPSA) is 101 Å². The van der Waals surface area contributed by atoms with Crippen LogP contribution in [0, 0.1) is 17.0 Å². The molecule has 0 spiro atoms. The number of carbonyl (C=O) groups excluding carboxylic acids is 2. The molecule has 0 heterocycles. The Bertz CT molecular complexity index is 1500. The summed E-state index contributed by atoms with van der Waals surface area (Å²) in [6, 6.07) is 25.3. The number of benzene rings is 4. The molecule has 10 heteroatoms. The molecule has 0 radical (unpaired) electrons. The number of nitrogens with zero attached hydrogens (tertiary/aromatic N) is 1. The van der Waals surface area contributed by atoms with E-state index in [1.807, 2.05) is 30.3 Å². The lowest BCUT2D eigenvalue weighted by Crippen LogP contribution is -2.19. The predicted octanol–water partition coefficient (Wildman–Crippen LogP) is 7.93. The van der Waals surface area contributed by atoms with E-state index in [4.69, 9.17) is 23.2 Å². The molecule has 2 amide bonds. The molecule has 0 aliphatic heterocycles. The van der Waals surface area contributed by atoms with E-state index in [9.17, 15) is 19.7 Å². The highest BCUT2D eigenvalue weighted by Crippen LogP contribution is 2.37. The third kappa shape index (κ3) is 6.72. The van der Waals surface area contributed by atoms with E-state index >= 15 is 0 Å². The van der Waals surface area contributed by atoms with Crippen LogP contribution in [0.1, 0.15) is 26.7 Å². The van der Waals surface area contributed by atoms with Gasteiger partial charge in [-0.15, -0.1) is 11.8 Å². The summed E-state index contributed by atoms with van der Waals surface area (Å²) in [5.41, 5.74) is 2.61. The second-order valence-electron chi connectivity index (χ2n) is 8.26. The second kappa shape index (κ2) is 12.1. The van der Waals surface area contributed by atoms with Crippen LogP contribution in [0.3, 0.4) is 0 Å². The second-order valence-corrected chi connectivity index (χ2v) is 10.3. The van der Waals surface area contributed by atoms with Crippen LogP contribution in [0.4, 0.5) is 17.1 Å². The van der Waals surface area contributed by atoms with Crippen LogP contribution >= 0.6 is 35.0 Å². The van der Waals surface area contributed by atoms with E-state index in [0.29, 0.717) is 27.5 Å². The van der Waals surface area contributed by atoms with Crippen molar-refractivity contribution in [2.24, 2.45) is 0 Å². The predicted molar refractivity (Wildman–Crippen MR) is 152 cm³/mol. The first-order valence-corrected chi connectivity index (χ1v) is 13.0. The molecule has 0 saturated carbocycles. The zero-order chi connectivity index (χ0) is 27.2.